The lowest BCUT2D eigenvalue weighted by molar-refractivity contribution is -0.0400. The van der Waals surface area contributed by atoms with Gasteiger partial charge in [0.2, 0.25) is 0 Å². The van der Waals surface area contributed by atoms with E-state index in [4.69, 9.17) is 28.0 Å². The number of hydrogen-bond donors (Lipinski definition) is 1. The third-order valence-electron chi connectivity index (χ3n) is 3.55. The second kappa shape index (κ2) is 4.72. The molecule has 18 heavy (non-hydrogen) atoms. The van der Waals surface area contributed by atoms with Crippen molar-refractivity contribution in [3.63, 3.8) is 0 Å². The van der Waals surface area contributed by atoms with Gasteiger partial charge in [-0.3, -0.25) is 0 Å². The number of oxime groups is 1. The van der Waals surface area contributed by atoms with E-state index >= 15 is 0 Å². The van der Waals surface area contributed by atoms with Crippen LogP contribution in [0.25, 0.3) is 0 Å². The molecule has 3 rings (SSSR count). The SMILES string of the molecule is Clc1cc(Cl)cc(C2=NOC3(CCNCC3)C2)c1. The van der Waals surface area contributed by atoms with E-state index in [2.05, 4.69) is 10.5 Å². The molecule has 0 radical (unpaired) electrons. The van der Waals surface area contributed by atoms with Crippen molar-refractivity contribution in [2.24, 2.45) is 5.16 Å². The van der Waals surface area contributed by atoms with Gasteiger partial charge in [-0.05, 0) is 31.3 Å². The van der Waals surface area contributed by atoms with Crippen LogP contribution in [0.15, 0.2) is 23.4 Å². The number of rotatable bonds is 1. The molecule has 2 aliphatic rings. The van der Waals surface area contributed by atoms with Gasteiger partial charge in [-0.2, -0.15) is 0 Å². The fourth-order valence-electron chi connectivity index (χ4n) is 2.55. The summed E-state index contributed by atoms with van der Waals surface area (Å²) in [6.45, 7) is 1.97. The monoisotopic (exact) mass is 284 g/mol. The maximum atomic E-state index is 6.02. The maximum Gasteiger partial charge on any atom is 0.145 e. The largest absolute Gasteiger partial charge is 0.388 e. The molecule has 1 N–H and O–H groups in total. The Labute approximate surface area is 116 Å². The lowest BCUT2D eigenvalue weighted by Gasteiger charge is -2.30. The van der Waals surface area contributed by atoms with E-state index in [0.29, 0.717) is 10.0 Å². The zero-order valence-electron chi connectivity index (χ0n) is 9.88. The number of nitrogens with one attached hydrogen (secondary N) is 1. The van der Waals surface area contributed by atoms with Gasteiger partial charge in [-0.15, -0.1) is 0 Å². The summed E-state index contributed by atoms with van der Waals surface area (Å²) in [5.74, 6) is 0. The Kier molecular flexibility index (Phi) is 3.22. The van der Waals surface area contributed by atoms with Crippen LogP contribution < -0.4 is 5.32 Å². The first-order valence-electron chi connectivity index (χ1n) is 6.09. The third kappa shape index (κ3) is 2.35. The van der Waals surface area contributed by atoms with E-state index in [-0.39, 0.29) is 5.60 Å². The van der Waals surface area contributed by atoms with Crippen LogP contribution in [0.1, 0.15) is 24.8 Å². The van der Waals surface area contributed by atoms with Crippen molar-refractivity contribution in [2.75, 3.05) is 13.1 Å². The molecule has 1 aromatic carbocycles. The molecule has 96 valence electrons. The summed E-state index contributed by atoms with van der Waals surface area (Å²) < 4.78 is 0. The molecule has 0 atom stereocenters. The fourth-order valence-corrected chi connectivity index (χ4v) is 3.07. The van der Waals surface area contributed by atoms with E-state index in [0.717, 1.165) is 43.6 Å². The van der Waals surface area contributed by atoms with Crippen LogP contribution in [-0.4, -0.2) is 24.4 Å². The van der Waals surface area contributed by atoms with E-state index in [9.17, 15) is 0 Å². The summed E-state index contributed by atoms with van der Waals surface area (Å²) >= 11 is 12.0. The van der Waals surface area contributed by atoms with Gasteiger partial charge >= 0.3 is 0 Å². The maximum absolute atomic E-state index is 6.02. The highest BCUT2D eigenvalue weighted by Crippen LogP contribution is 2.35. The molecule has 1 aromatic rings. The first-order valence-corrected chi connectivity index (χ1v) is 6.85. The van der Waals surface area contributed by atoms with Crippen molar-refractivity contribution in [1.82, 2.24) is 5.32 Å². The Morgan fingerprint density at radius 3 is 2.44 bits per heavy atom. The van der Waals surface area contributed by atoms with Crippen LogP contribution in [0.4, 0.5) is 0 Å². The zero-order valence-corrected chi connectivity index (χ0v) is 11.4. The molecule has 0 aliphatic carbocycles. The molecule has 2 aliphatic heterocycles. The summed E-state index contributed by atoms with van der Waals surface area (Å²) in [7, 11) is 0. The smallest absolute Gasteiger partial charge is 0.145 e. The molecular weight excluding hydrogens is 271 g/mol. The van der Waals surface area contributed by atoms with Crippen LogP contribution in [0.5, 0.6) is 0 Å². The Morgan fingerprint density at radius 2 is 1.78 bits per heavy atom. The van der Waals surface area contributed by atoms with Crippen molar-refractivity contribution in [1.29, 1.82) is 0 Å². The van der Waals surface area contributed by atoms with Gasteiger partial charge in [-0.25, -0.2) is 0 Å². The second-order valence-electron chi connectivity index (χ2n) is 4.90. The molecule has 0 bridgehead atoms. The summed E-state index contributed by atoms with van der Waals surface area (Å²) in [5.41, 5.74) is 1.79. The van der Waals surface area contributed by atoms with Crippen molar-refractivity contribution >= 4 is 28.9 Å². The molecule has 1 spiro atoms. The van der Waals surface area contributed by atoms with Gasteiger partial charge in [0.05, 0.1) is 5.71 Å². The van der Waals surface area contributed by atoms with Gasteiger partial charge in [-0.1, -0.05) is 28.4 Å². The Balaban J connectivity index is 1.82. The number of benzene rings is 1. The van der Waals surface area contributed by atoms with Crippen molar-refractivity contribution in [2.45, 2.75) is 24.9 Å². The van der Waals surface area contributed by atoms with E-state index in [1.165, 1.54) is 0 Å². The molecule has 0 saturated carbocycles. The molecule has 0 aromatic heterocycles. The molecule has 5 heteroatoms. The highest BCUT2D eigenvalue weighted by atomic mass is 35.5. The van der Waals surface area contributed by atoms with Crippen molar-refractivity contribution in [3.05, 3.63) is 33.8 Å². The zero-order chi connectivity index (χ0) is 12.6. The number of hydrogen-bond acceptors (Lipinski definition) is 3. The predicted octanol–water partition coefficient (Wildman–Crippen LogP) is 3.24. The van der Waals surface area contributed by atoms with Gasteiger partial charge in [0.1, 0.15) is 5.60 Å². The molecule has 2 heterocycles. The van der Waals surface area contributed by atoms with Crippen LogP contribution in [-0.2, 0) is 4.84 Å². The third-order valence-corrected chi connectivity index (χ3v) is 3.99. The summed E-state index contributed by atoms with van der Waals surface area (Å²) in [6, 6.07) is 5.49. The lowest BCUT2D eigenvalue weighted by atomic mass is 9.86. The van der Waals surface area contributed by atoms with E-state index in [1.807, 2.05) is 12.1 Å². The average Bonchev–Trinajstić information content (AvgIpc) is 2.73. The Morgan fingerprint density at radius 1 is 1.11 bits per heavy atom. The molecule has 0 unspecified atom stereocenters. The first kappa shape index (κ1) is 12.3. The van der Waals surface area contributed by atoms with E-state index < -0.39 is 0 Å². The summed E-state index contributed by atoms with van der Waals surface area (Å²) in [6.07, 6.45) is 2.83. The highest BCUT2D eigenvalue weighted by molar-refractivity contribution is 6.35. The van der Waals surface area contributed by atoms with E-state index in [1.54, 1.807) is 6.07 Å². The van der Waals surface area contributed by atoms with Crippen molar-refractivity contribution in [3.8, 4) is 0 Å². The number of nitrogens with zero attached hydrogens (tertiary/aromatic N) is 1. The number of halogens is 2. The highest BCUT2D eigenvalue weighted by Gasteiger charge is 2.40. The molecular formula is C13H14Cl2N2O. The minimum Gasteiger partial charge on any atom is -0.388 e. The normalized spacial score (nSPS) is 21.8. The Hall–Kier alpha value is -0.770. The standard InChI is InChI=1S/C13H14Cl2N2O/c14-10-5-9(6-11(15)7-10)12-8-13(18-17-12)1-3-16-4-2-13/h5-7,16H,1-4,8H2. The molecule has 1 fully saturated rings. The minimum absolute atomic E-state index is 0.116. The molecule has 0 amide bonds. The van der Waals surface area contributed by atoms with Gasteiger partial charge < -0.3 is 10.2 Å². The Bertz CT molecular complexity index is 476. The topological polar surface area (TPSA) is 33.6 Å². The lowest BCUT2D eigenvalue weighted by Crippen LogP contribution is -2.42. The van der Waals surface area contributed by atoms with Crippen LogP contribution in [0, 0.1) is 0 Å². The first-order chi connectivity index (χ1) is 8.67. The van der Waals surface area contributed by atoms with Gasteiger partial charge in [0, 0.05) is 34.9 Å². The van der Waals surface area contributed by atoms with Crippen LogP contribution in [0.2, 0.25) is 10.0 Å². The summed E-state index contributed by atoms with van der Waals surface area (Å²) in [5, 5.41) is 8.83. The van der Waals surface area contributed by atoms with Crippen LogP contribution in [0.3, 0.4) is 0 Å². The predicted molar refractivity (Wildman–Crippen MR) is 73.5 cm³/mol. The molecule has 1 saturated heterocycles. The molecule has 3 nitrogen and oxygen atoms in total. The van der Waals surface area contributed by atoms with Gasteiger partial charge in [0.15, 0.2) is 0 Å². The van der Waals surface area contributed by atoms with Crippen LogP contribution >= 0.6 is 23.2 Å². The van der Waals surface area contributed by atoms with Gasteiger partial charge in [0.25, 0.3) is 0 Å². The second-order valence-corrected chi connectivity index (χ2v) is 5.77. The summed E-state index contributed by atoms with van der Waals surface area (Å²) in [4.78, 5) is 5.69. The quantitative estimate of drug-likeness (QED) is 0.859. The minimum atomic E-state index is -0.116. The van der Waals surface area contributed by atoms with Crippen molar-refractivity contribution < 1.29 is 4.84 Å². The number of piperidine rings is 1. The average molecular weight is 285 g/mol. The fraction of sp³-hybridized carbons (Fsp3) is 0.462.